The molecule has 1 atom stereocenters. The lowest BCUT2D eigenvalue weighted by Crippen LogP contribution is -2.28. The Bertz CT molecular complexity index is 697. The standard InChI is InChI=1S/C12H16N4O2S2/c1-8-5-6-11(19-8)9(2)16-20(17,18)12-10(15-13)4-3-7-14-12/h3-7,9,15-16H,13H2,1-2H3. The second-order valence-corrected chi connectivity index (χ2v) is 7.24. The molecule has 2 aromatic rings. The Morgan fingerprint density at radius 3 is 2.70 bits per heavy atom. The minimum Gasteiger partial charge on any atom is -0.321 e. The zero-order chi connectivity index (χ0) is 14.8. The van der Waals surface area contributed by atoms with Gasteiger partial charge < -0.3 is 5.43 Å². The number of hydrazine groups is 1. The Labute approximate surface area is 122 Å². The number of nitrogens with two attached hydrogens (primary N) is 1. The van der Waals surface area contributed by atoms with E-state index in [1.165, 1.54) is 6.20 Å². The molecule has 0 saturated heterocycles. The lowest BCUT2D eigenvalue weighted by molar-refractivity contribution is 0.565. The van der Waals surface area contributed by atoms with Crippen molar-refractivity contribution in [2.75, 3.05) is 5.43 Å². The Hall–Kier alpha value is -1.48. The molecule has 0 saturated carbocycles. The number of nitrogens with zero attached hydrogens (tertiary/aromatic N) is 1. The third-order valence-electron chi connectivity index (χ3n) is 2.70. The third-order valence-corrected chi connectivity index (χ3v) is 5.38. The maximum absolute atomic E-state index is 12.3. The van der Waals surface area contributed by atoms with Crippen LogP contribution in [0.25, 0.3) is 0 Å². The summed E-state index contributed by atoms with van der Waals surface area (Å²) >= 11 is 1.55. The van der Waals surface area contributed by atoms with Crippen LogP contribution in [-0.4, -0.2) is 13.4 Å². The van der Waals surface area contributed by atoms with Crippen molar-refractivity contribution in [1.29, 1.82) is 0 Å². The molecule has 108 valence electrons. The molecule has 2 rings (SSSR count). The van der Waals surface area contributed by atoms with Gasteiger partial charge in [0, 0.05) is 16.0 Å². The molecule has 0 fully saturated rings. The van der Waals surface area contributed by atoms with Crippen molar-refractivity contribution < 1.29 is 8.42 Å². The first kappa shape index (κ1) is 14.9. The Balaban J connectivity index is 2.27. The molecule has 4 N–H and O–H groups in total. The van der Waals surface area contributed by atoms with Crippen LogP contribution in [0.1, 0.15) is 22.7 Å². The second kappa shape index (κ2) is 5.88. The summed E-state index contributed by atoms with van der Waals surface area (Å²) in [6.07, 6.45) is 1.41. The minimum atomic E-state index is -3.74. The van der Waals surface area contributed by atoms with Crippen LogP contribution < -0.4 is 16.0 Å². The fourth-order valence-corrected chi connectivity index (χ4v) is 4.02. The Morgan fingerprint density at radius 2 is 2.10 bits per heavy atom. The molecule has 0 bridgehead atoms. The first-order valence-corrected chi connectivity index (χ1v) is 8.24. The van der Waals surface area contributed by atoms with Gasteiger partial charge in [-0.1, -0.05) is 0 Å². The van der Waals surface area contributed by atoms with Gasteiger partial charge in [0.15, 0.2) is 5.03 Å². The molecular formula is C12H16N4O2S2. The average Bonchev–Trinajstić information content (AvgIpc) is 2.85. The fourth-order valence-electron chi connectivity index (χ4n) is 1.75. The van der Waals surface area contributed by atoms with Crippen LogP contribution in [0.3, 0.4) is 0 Å². The molecule has 1 unspecified atom stereocenters. The van der Waals surface area contributed by atoms with Gasteiger partial charge in [0.05, 0.1) is 11.7 Å². The molecule has 0 radical (unpaired) electrons. The van der Waals surface area contributed by atoms with E-state index in [4.69, 9.17) is 5.84 Å². The number of aryl methyl sites for hydroxylation is 1. The highest BCUT2D eigenvalue weighted by Crippen LogP contribution is 2.25. The Morgan fingerprint density at radius 1 is 1.35 bits per heavy atom. The molecular weight excluding hydrogens is 296 g/mol. The molecule has 0 aliphatic heterocycles. The highest BCUT2D eigenvalue weighted by atomic mass is 32.2. The van der Waals surface area contributed by atoms with Gasteiger partial charge in [0.2, 0.25) is 0 Å². The van der Waals surface area contributed by atoms with Crippen molar-refractivity contribution in [3.63, 3.8) is 0 Å². The van der Waals surface area contributed by atoms with E-state index in [0.717, 1.165) is 9.75 Å². The number of aromatic nitrogens is 1. The molecule has 6 nitrogen and oxygen atoms in total. The summed E-state index contributed by atoms with van der Waals surface area (Å²) in [6.45, 7) is 3.77. The first-order valence-electron chi connectivity index (χ1n) is 5.94. The lowest BCUT2D eigenvalue weighted by Gasteiger charge is -2.14. The summed E-state index contributed by atoms with van der Waals surface area (Å²) in [4.78, 5) is 5.96. The van der Waals surface area contributed by atoms with Gasteiger partial charge in [-0.25, -0.2) is 18.1 Å². The van der Waals surface area contributed by atoms with Crippen molar-refractivity contribution in [2.45, 2.75) is 24.9 Å². The van der Waals surface area contributed by atoms with E-state index in [-0.39, 0.29) is 16.8 Å². The summed E-state index contributed by atoms with van der Waals surface area (Å²) in [5, 5.41) is -0.109. The number of rotatable bonds is 5. The van der Waals surface area contributed by atoms with Gasteiger partial charge in [-0.15, -0.1) is 11.3 Å². The quantitative estimate of drug-likeness (QED) is 0.577. The molecule has 0 aliphatic rings. The van der Waals surface area contributed by atoms with Crippen molar-refractivity contribution in [1.82, 2.24) is 9.71 Å². The summed E-state index contributed by atoms with van der Waals surface area (Å²) in [5.41, 5.74) is 2.60. The highest BCUT2D eigenvalue weighted by molar-refractivity contribution is 7.89. The van der Waals surface area contributed by atoms with Crippen LogP contribution in [0.4, 0.5) is 5.69 Å². The molecule has 8 heteroatoms. The minimum absolute atomic E-state index is 0.109. The van der Waals surface area contributed by atoms with E-state index in [0.29, 0.717) is 0 Å². The lowest BCUT2D eigenvalue weighted by atomic mass is 10.3. The maximum Gasteiger partial charge on any atom is 0.260 e. The summed E-state index contributed by atoms with van der Waals surface area (Å²) in [7, 11) is -3.74. The van der Waals surface area contributed by atoms with Gasteiger partial charge in [-0.3, -0.25) is 5.84 Å². The van der Waals surface area contributed by atoms with Crippen LogP contribution in [0.5, 0.6) is 0 Å². The predicted molar refractivity (Wildman–Crippen MR) is 79.8 cm³/mol. The van der Waals surface area contributed by atoms with Crippen molar-refractivity contribution in [3.8, 4) is 0 Å². The number of thiophene rings is 1. The molecule has 0 amide bonds. The van der Waals surface area contributed by atoms with Gasteiger partial charge >= 0.3 is 0 Å². The number of nitrogens with one attached hydrogen (secondary N) is 2. The van der Waals surface area contributed by atoms with Crippen molar-refractivity contribution in [3.05, 3.63) is 40.2 Å². The highest BCUT2D eigenvalue weighted by Gasteiger charge is 2.23. The number of nitrogen functional groups attached to an aromatic ring is 1. The second-order valence-electron chi connectivity index (χ2n) is 4.29. The van der Waals surface area contributed by atoms with E-state index in [9.17, 15) is 8.42 Å². The van der Waals surface area contributed by atoms with Gasteiger partial charge in [0.25, 0.3) is 10.0 Å². The number of hydrogen-bond acceptors (Lipinski definition) is 6. The predicted octanol–water partition coefficient (Wildman–Crippen LogP) is 1.78. The molecule has 0 aliphatic carbocycles. The smallest absolute Gasteiger partial charge is 0.260 e. The molecule has 2 heterocycles. The molecule has 2 aromatic heterocycles. The topological polar surface area (TPSA) is 97.1 Å². The number of hydrogen-bond donors (Lipinski definition) is 3. The summed E-state index contributed by atoms with van der Waals surface area (Å²) in [6, 6.07) is 6.71. The summed E-state index contributed by atoms with van der Waals surface area (Å²) < 4.78 is 27.3. The zero-order valence-corrected chi connectivity index (χ0v) is 12.8. The molecule has 0 spiro atoms. The van der Waals surface area contributed by atoms with E-state index in [1.54, 1.807) is 30.4 Å². The fraction of sp³-hybridized carbons (Fsp3) is 0.250. The van der Waals surface area contributed by atoms with Gasteiger partial charge in [0.1, 0.15) is 0 Å². The zero-order valence-electron chi connectivity index (χ0n) is 11.1. The SMILES string of the molecule is Cc1ccc(C(C)NS(=O)(=O)c2ncccc2NN)s1. The number of anilines is 1. The van der Waals surface area contributed by atoms with E-state index in [1.807, 2.05) is 19.1 Å². The van der Waals surface area contributed by atoms with Crippen molar-refractivity contribution in [2.24, 2.45) is 5.84 Å². The normalized spacial score (nSPS) is 13.2. The van der Waals surface area contributed by atoms with Crippen molar-refractivity contribution >= 4 is 27.0 Å². The maximum atomic E-state index is 12.3. The van der Waals surface area contributed by atoms with E-state index >= 15 is 0 Å². The summed E-state index contributed by atoms with van der Waals surface area (Å²) in [5.74, 6) is 5.31. The third kappa shape index (κ3) is 3.15. The van der Waals surface area contributed by atoms with Crippen LogP contribution in [-0.2, 0) is 10.0 Å². The van der Waals surface area contributed by atoms with E-state index in [2.05, 4.69) is 15.1 Å². The van der Waals surface area contributed by atoms with Gasteiger partial charge in [-0.05, 0) is 38.1 Å². The van der Waals surface area contributed by atoms with Crippen LogP contribution in [0.15, 0.2) is 35.5 Å². The van der Waals surface area contributed by atoms with E-state index < -0.39 is 10.0 Å². The average molecular weight is 312 g/mol. The monoisotopic (exact) mass is 312 g/mol. The number of sulfonamides is 1. The first-order chi connectivity index (χ1) is 9.44. The van der Waals surface area contributed by atoms with Crippen LogP contribution >= 0.6 is 11.3 Å². The van der Waals surface area contributed by atoms with Crippen LogP contribution in [0, 0.1) is 6.92 Å². The Kier molecular flexibility index (Phi) is 4.39. The molecule has 0 aromatic carbocycles. The van der Waals surface area contributed by atoms with Gasteiger partial charge in [-0.2, -0.15) is 0 Å². The number of pyridine rings is 1. The molecule has 20 heavy (non-hydrogen) atoms. The largest absolute Gasteiger partial charge is 0.321 e. The van der Waals surface area contributed by atoms with Crippen LogP contribution in [0.2, 0.25) is 0 Å².